The molecule has 0 spiro atoms. The molecule has 0 saturated carbocycles. The number of ether oxygens (including phenoxy) is 4. The number of allylic oxidation sites excluding steroid dienone is 4. The number of carbonyl (C=O) groups excluding carboxylic acids is 1. The Kier molecular flexibility index (Phi) is 9.62. The van der Waals surface area contributed by atoms with Crippen molar-refractivity contribution in [2.24, 2.45) is 10.9 Å². The van der Waals surface area contributed by atoms with E-state index in [9.17, 15) is 4.79 Å². The fourth-order valence-corrected chi connectivity index (χ4v) is 3.09. The molecule has 0 fully saturated rings. The number of esters is 1. The van der Waals surface area contributed by atoms with E-state index in [1.165, 1.54) is 7.11 Å². The molecule has 0 amide bonds. The molecule has 166 valence electrons. The molecule has 0 aliphatic carbocycles. The normalized spacial score (nSPS) is 16.6. The summed E-state index contributed by atoms with van der Waals surface area (Å²) < 4.78 is 22.2. The molecule has 31 heavy (non-hydrogen) atoms. The van der Waals surface area contributed by atoms with Crippen molar-refractivity contribution in [3.8, 4) is 11.5 Å². The molecule has 0 bridgehead atoms. The average Bonchev–Trinajstić information content (AvgIpc) is 2.80. The first-order valence-corrected chi connectivity index (χ1v) is 10.2. The van der Waals surface area contributed by atoms with Gasteiger partial charge in [0.25, 0.3) is 0 Å². The standard InChI is InChI=1S/C25H31NO5/c1-6-8-9-19(7-2)16-30-18(3)23(26-4)12-13-29-22-11-10-20-14-21(25(27)28-5)17-31-24(20)15-22/h6-11,15,21H,1,4,12-14,16-17H2,2-3,5H3/b9-8-,19-7+,23-18-. The Morgan fingerprint density at radius 3 is 2.87 bits per heavy atom. The van der Waals surface area contributed by atoms with Crippen molar-refractivity contribution in [2.45, 2.75) is 26.7 Å². The third-order valence-corrected chi connectivity index (χ3v) is 4.96. The van der Waals surface area contributed by atoms with Crippen molar-refractivity contribution >= 4 is 12.7 Å². The highest BCUT2D eigenvalue weighted by molar-refractivity contribution is 5.73. The lowest BCUT2D eigenvalue weighted by Gasteiger charge is -2.24. The molecular formula is C25H31NO5. The lowest BCUT2D eigenvalue weighted by atomic mass is 9.97. The monoisotopic (exact) mass is 425 g/mol. The SMILES string of the molecule is C=C/C=C\C(=C/C)CO/C(C)=C(/CCOc1ccc2c(c1)OCC(C(=O)OC)C2)N=C. The summed E-state index contributed by atoms with van der Waals surface area (Å²) in [6, 6.07) is 5.65. The van der Waals surface area contributed by atoms with Crippen LogP contribution < -0.4 is 9.47 Å². The van der Waals surface area contributed by atoms with Crippen LogP contribution in [0.4, 0.5) is 0 Å². The van der Waals surface area contributed by atoms with E-state index >= 15 is 0 Å². The van der Waals surface area contributed by atoms with Gasteiger partial charge in [0.2, 0.25) is 0 Å². The molecule has 0 aromatic heterocycles. The number of aliphatic imine (C=N–C) groups is 1. The highest BCUT2D eigenvalue weighted by atomic mass is 16.5. The molecule has 0 N–H and O–H groups in total. The first kappa shape index (κ1) is 24.0. The van der Waals surface area contributed by atoms with Crippen molar-refractivity contribution in [1.82, 2.24) is 0 Å². The minimum atomic E-state index is -0.270. The van der Waals surface area contributed by atoms with E-state index in [0.29, 0.717) is 44.2 Å². The molecule has 0 radical (unpaired) electrons. The van der Waals surface area contributed by atoms with Gasteiger partial charge in [0.05, 0.1) is 25.3 Å². The number of carbonyl (C=O) groups is 1. The smallest absolute Gasteiger partial charge is 0.312 e. The van der Waals surface area contributed by atoms with Crippen LogP contribution in [0, 0.1) is 5.92 Å². The second-order valence-electron chi connectivity index (χ2n) is 7.01. The molecule has 1 aromatic rings. The summed E-state index contributed by atoms with van der Waals surface area (Å²) in [5.74, 6) is 1.63. The van der Waals surface area contributed by atoms with Gasteiger partial charge in [0, 0.05) is 12.5 Å². The average molecular weight is 426 g/mol. The van der Waals surface area contributed by atoms with Crippen LogP contribution >= 0.6 is 0 Å². The Labute approximate surface area is 184 Å². The predicted molar refractivity (Wildman–Crippen MR) is 123 cm³/mol. The van der Waals surface area contributed by atoms with Crippen molar-refractivity contribution in [1.29, 1.82) is 0 Å². The zero-order valence-electron chi connectivity index (χ0n) is 18.6. The first-order valence-electron chi connectivity index (χ1n) is 10.2. The number of hydrogen-bond donors (Lipinski definition) is 0. The Morgan fingerprint density at radius 2 is 2.19 bits per heavy atom. The van der Waals surface area contributed by atoms with Crippen LogP contribution in [0.5, 0.6) is 11.5 Å². The van der Waals surface area contributed by atoms with Crippen LogP contribution in [0.3, 0.4) is 0 Å². The lowest BCUT2D eigenvalue weighted by Crippen LogP contribution is -2.29. The Morgan fingerprint density at radius 1 is 1.39 bits per heavy atom. The van der Waals surface area contributed by atoms with E-state index in [2.05, 4.69) is 18.3 Å². The third kappa shape index (κ3) is 7.17. The summed E-state index contributed by atoms with van der Waals surface area (Å²) in [6.45, 7) is 12.3. The van der Waals surface area contributed by atoms with Gasteiger partial charge in [-0.15, -0.1) is 0 Å². The van der Waals surface area contributed by atoms with Gasteiger partial charge in [0.1, 0.15) is 30.5 Å². The van der Waals surface area contributed by atoms with Gasteiger partial charge in [-0.25, -0.2) is 0 Å². The van der Waals surface area contributed by atoms with Crippen LogP contribution in [0.1, 0.15) is 25.8 Å². The quantitative estimate of drug-likeness (QED) is 0.220. The van der Waals surface area contributed by atoms with E-state index < -0.39 is 0 Å². The predicted octanol–water partition coefficient (Wildman–Crippen LogP) is 4.82. The summed E-state index contributed by atoms with van der Waals surface area (Å²) in [4.78, 5) is 15.8. The summed E-state index contributed by atoms with van der Waals surface area (Å²) in [7, 11) is 1.39. The summed E-state index contributed by atoms with van der Waals surface area (Å²) in [5, 5.41) is 0. The first-order chi connectivity index (χ1) is 15.0. The van der Waals surface area contributed by atoms with Gasteiger partial charge < -0.3 is 18.9 Å². The van der Waals surface area contributed by atoms with Gasteiger partial charge >= 0.3 is 5.97 Å². The summed E-state index contributed by atoms with van der Waals surface area (Å²) in [5.41, 5.74) is 2.76. The highest BCUT2D eigenvalue weighted by Gasteiger charge is 2.26. The van der Waals surface area contributed by atoms with Crippen LogP contribution in [-0.2, 0) is 20.7 Å². The number of methoxy groups -OCH3 is 1. The van der Waals surface area contributed by atoms with E-state index in [0.717, 1.165) is 22.6 Å². The minimum absolute atomic E-state index is 0.252. The van der Waals surface area contributed by atoms with Gasteiger partial charge in [-0.3, -0.25) is 9.79 Å². The van der Waals surface area contributed by atoms with Crippen LogP contribution in [0.15, 0.2) is 71.1 Å². The number of benzene rings is 1. The molecule has 2 rings (SSSR count). The Balaban J connectivity index is 1.90. The van der Waals surface area contributed by atoms with Crippen LogP contribution in [-0.4, -0.2) is 39.6 Å². The third-order valence-electron chi connectivity index (χ3n) is 4.96. The minimum Gasteiger partial charge on any atom is -0.493 e. The molecule has 1 aliphatic rings. The highest BCUT2D eigenvalue weighted by Crippen LogP contribution is 2.31. The zero-order chi connectivity index (χ0) is 22.6. The molecule has 6 nitrogen and oxygen atoms in total. The van der Waals surface area contributed by atoms with E-state index in [1.807, 2.05) is 50.3 Å². The lowest BCUT2D eigenvalue weighted by molar-refractivity contribution is -0.146. The number of fused-ring (bicyclic) bond motifs is 1. The van der Waals surface area contributed by atoms with Gasteiger partial charge in [-0.2, -0.15) is 0 Å². The van der Waals surface area contributed by atoms with E-state index in [4.69, 9.17) is 18.9 Å². The maximum Gasteiger partial charge on any atom is 0.312 e. The van der Waals surface area contributed by atoms with Gasteiger partial charge in [0.15, 0.2) is 0 Å². The van der Waals surface area contributed by atoms with Crippen molar-refractivity contribution in [3.63, 3.8) is 0 Å². The topological polar surface area (TPSA) is 66.4 Å². The zero-order valence-corrected chi connectivity index (χ0v) is 18.6. The molecule has 1 heterocycles. The fourth-order valence-electron chi connectivity index (χ4n) is 3.09. The second-order valence-corrected chi connectivity index (χ2v) is 7.01. The number of hydrogen-bond acceptors (Lipinski definition) is 6. The molecule has 1 aromatic carbocycles. The van der Waals surface area contributed by atoms with Crippen molar-refractivity contribution in [3.05, 3.63) is 71.7 Å². The Bertz CT molecular complexity index is 882. The number of rotatable bonds is 11. The fraction of sp³-hybridized carbons (Fsp3) is 0.360. The van der Waals surface area contributed by atoms with E-state index in [-0.39, 0.29) is 11.9 Å². The van der Waals surface area contributed by atoms with Gasteiger partial charge in [-0.05, 0) is 44.2 Å². The summed E-state index contributed by atoms with van der Waals surface area (Å²) in [6.07, 6.45) is 8.70. The second kappa shape index (κ2) is 12.4. The van der Waals surface area contributed by atoms with Crippen LogP contribution in [0.2, 0.25) is 0 Å². The number of nitrogens with zero attached hydrogens (tertiary/aromatic N) is 1. The summed E-state index contributed by atoms with van der Waals surface area (Å²) >= 11 is 0. The molecule has 1 aliphatic heterocycles. The van der Waals surface area contributed by atoms with Crippen LogP contribution in [0.25, 0.3) is 0 Å². The Hall–Kier alpha value is -3.28. The van der Waals surface area contributed by atoms with Crippen molar-refractivity contribution in [2.75, 3.05) is 26.9 Å². The maximum atomic E-state index is 11.7. The maximum absolute atomic E-state index is 11.7. The van der Waals surface area contributed by atoms with E-state index in [1.54, 1.807) is 6.08 Å². The molecule has 1 atom stereocenters. The molecule has 1 unspecified atom stereocenters. The van der Waals surface area contributed by atoms with Crippen molar-refractivity contribution < 1.29 is 23.7 Å². The largest absolute Gasteiger partial charge is 0.493 e. The van der Waals surface area contributed by atoms with Gasteiger partial charge in [-0.1, -0.05) is 36.9 Å². The molecular weight excluding hydrogens is 394 g/mol. The molecule has 6 heteroatoms. The molecule has 0 saturated heterocycles.